The van der Waals surface area contributed by atoms with E-state index in [0.717, 1.165) is 0 Å². The molecule has 0 fully saturated rings. The van der Waals surface area contributed by atoms with E-state index >= 15 is 0 Å². The van der Waals surface area contributed by atoms with Gasteiger partial charge in [0, 0.05) is 5.56 Å². The van der Waals surface area contributed by atoms with E-state index in [-0.39, 0.29) is 19.0 Å². The maximum absolute atomic E-state index is 12.7. The minimum atomic E-state index is -5.10. The molecule has 6 nitrogen and oxygen atoms in total. The molecule has 0 unspecified atom stereocenters. The fourth-order valence-corrected chi connectivity index (χ4v) is 2.83. The fourth-order valence-electron chi connectivity index (χ4n) is 2.44. The van der Waals surface area contributed by atoms with Gasteiger partial charge < -0.3 is 19.1 Å². The molecule has 0 spiro atoms. The third kappa shape index (κ3) is 5.04. The molecule has 0 atom stereocenters. The number of hydrogen-bond donors (Lipinski definition) is 2. The highest BCUT2D eigenvalue weighted by Crippen LogP contribution is 2.27. The van der Waals surface area contributed by atoms with E-state index in [1.807, 2.05) is 0 Å². The van der Waals surface area contributed by atoms with E-state index in [0.29, 0.717) is 33.6 Å². The van der Waals surface area contributed by atoms with Crippen LogP contribution < -0.4 is 8.92 Å². The Bertz CT molecular complexity index is 896. The van der Waals surface area contributed by atoms with Crippen molar-refractivity contribution >= 4 is 22.7 Å². The lowest BCUT2D eigenvalue weighted by Crippen LogP contribution is -2.02. The van der Waals surface area contributed by atoms with Gasteiger partial charge in [-0.15, -0.1) is 0 Å². The Balaban J connectivity index is 2.37. The molecule has 0 heterocycles. The molecular formula is C18H19FO6S. The molecular weight excluding hydrogens is 363 g/mol. The summed E-state index contributed by atoms with van der Waals surface area (Å²) < 4.78 is 43.7. The number of ether oxygens (including phenoxy) is 1. The Kier molecular flexibility index (Phi) is 6.36. The van der Waals surface area contributed by atoms with Gasteiger partial charge in [0.25, 0.3) is 0 Å². The molecule has 8 heteroatoms. The lowest BCUT2D eigenvalue weighted by Gasteiger charge is -2.12. The number of halogens is 1. The van der Waals surface area contributed by atoms with Crippen molar-refractivity contribution in [1.82, 2.24) is 0 Å². The van der Waals surface area contributed by atoms with E-state index in [9.17, 15) is 22.5 Å². The summed E-state index contributed by atoms with van der Waals surface area (Å²) in [5, 5.41) is 18.9. The van der Waals surface area contributed by atoms with Gasteiger partial charge in [-0.2, -0.15) is 8.42 Å². The van der Waals surface area contributed by atoms with Crippen molar-refractivity contribution in [2.75, 3.05) is 7.11 Å². The Hall–Kier alpha value is -2.42. The minimum Gasteiger partial charge on any atom is -0.496 e. The predicted molar refractivity (Wildman–Crippen MR) is 95.6 cm³/mol. The van der Waals surface area contributed by atoms with Crippen molar-refractivity contribution in [3.05, 3.63) is 58.1 Å². The summed E-state index contributed by atoms with van der Waals surface area (Å²) in [6.45, 7) is 1.07. The van der Waals surface area contributed by atoms with Crippen LogP contribution >= 0.6 is 0 Å². The summed E-state index contributed by atoms with van der Waals surface area (Å²) in [4.78, 5) is 0. The predicted octanol–water partition coefficient (Wildman–Crippen LogP) is 2.75. The first-order valence-electron chi connectivity index (χ1n) is 7.61. The molecule has 0 amide bonds. The van der Waals surface area contributed by atoms with Crippen molar-refractivity contribution in [3.8, 4) is 11.5 Å². The SMILES string of the molecule is COc1cc(/C=C\c2ccc(C)c(OS(=O)(=O)F)c2)cc(CO)c1CO. The van der Waals surface area contributed by atoms with Gasteiger partial charge in [0.2, 0.25) is 0 Å². The Labute approximate surface area is 151 Å². The van der Waals surface area contributed by atoms with E-state index in [1.54, 1.807) is 43.3 Å². The van der Waals surface area contributed by atoms with Crippen LogP contribution in [0.1, 0.15) is 27.8 Å². The normalized spacial score (nSPS) is 11.7. The zero-order valence-electron chi connectivity index (χ0n) is 14.3. The average molecular weight is 382 g/mol. The molecule has 0 aliphatic rings. The maximum atomic E-state index is 12.7. The molecule has 0 aliphatic carbocycles. The van der Waals surface area contributed by atoms with Gasteiger partial charge >= 0.3 is 10.5 Å². The Morgan fingerprint density at radius 3 is 2.27 bits per heavy atom. The summed E-state index contributed by atoms with van der Waals surface area (Å²) in [6.07, 6.45) is 3.38. The first-order valence-corrected chi connectivity index (χ1v) is 8.92. The van der Waals surface area contributed by atoms with E-state index in [4.69, 9.17) is 4.74 Å². The van der Waals surface area contributed by atoms with Crippen molar-refractivity contribution < 1.29 is 31.4 Å². The summed E-state index contributed by atoms with van der Waals surface area (Å²) in [5.41, 5.74) is 2.79. The highest BCUT2D eigenvalue weighted by Gasteiger charge is 2.12. The van der Waals surface area contributed by atoms with Crippen molar-refractivity contribution in [3.63, 3.8) is 0 Å². The van der Waals surface area contributed by atoms with Gasteiger partial charge in [0.1, 0.15) is 11.5 Å². The third-order valence-corrected chi connectivity index (χ3v) is 4.12. The maximum Gasteiger partial charge on any atom is 0.488 e. The Morgan fingerprint density at radius 1 is 1.04 bits per heavy atom. The van der Waals surface area contributed by atoms with Crippen LogP contribution in [-0.4, -0.2) is 25.7 Å². The average Bonchev–Trinajstić information content (AvgIpc) is 2.60. The van der Waals surface area contributed by atoms with E-state index in [1.165, 1.54) is 13.2 Å². The smallest absolute Gasteiger partial charge is 0.488 e. The van der Waals surface area contributed by atoms with Crippen LogP contribution in [0.5, 0.6) is 11.5 Å². The van der Waals surface area contributed by atoms with Gasteiger partial charge in [-0.3, -0.25) is 0 Å². The molecule has 0 radical (unpaired) electrons. The Morgan fingerprint density at radius 2 is 1.69 bits per heavy atom. The molecule has 0 aliphatic heterocycles. The zero-order valence-corrected chi connectivity index (χ0v) is 15.1. The summed E-state index contributed by atoms with van der Waals surface area (Å²) in [6, 6.07) is 8.11. The molecule has 0 aromatic heterocycles. The monoisotopic (exact) mass is 382 g/mol. The second-order valence-electron chi connectivity index (χ2n) is 5.51. The van der Waals surface area contributed by atoms with E-state index < -0.39 is 10.5 Å². The summed E-state index contributed by atoms with van der Waals surface area (Å²) in [7, 11) is -3.64. The third-order valence-electron chi connectivity index (χ3n) is 3.74. The lowest BCUT2D eigenvalue weighted by atomic mass is 10.0. The highest BCUT2D eigenvalue weighted by molar-refractivity contribution is 7.81. The molecule has 26 heavy (non-hydrogen) atoms. The largest absolute Gasteiger partial charge is 0.496 e. The van der Waals surface area contributed by atoms with Crippen LogP contribution in [0.15, 0.2) is 30.3 Å². The van der Waals surface area contributed by atoms with Gasteiger partial charge in [-0.25, -0.2) is 0 Å². The number of rotatable bonds is 7. The molecule has 0 saturated heterocycles. The molecule has 2 aromatic rings. The van der Waals surface area contributed by atoms with Crippen molar-refractivity contribution in [2.24, 2.45) is 0 Å². The standard InChI is InChI=1S/C18H19FO6S/c1-12-3-4-13(8-17(12)25-26(19,22)23)5-6-14-7-15(10-20)16(11-21)18(9-14)24-2/h3-9,20-21H,10-11H2,1-2H3/b6-5-. The van der Waals surface area contributed by atoms with Crippen LogP contribution in [0.4, 0.5) is 3.89 Å². The second-order valence-corrected chi connectivity index (χ2v) is 6.46. The lowest BCUT2D eigenvalue weighted by molar-refractivity contribution is 0.254. The zero-order chi connectivity index (χ0) is 19.3. The van der Waals surface area contributed by atoms with Crippen LogP contribution in [0.3, 0.4) is 0 Å². The molecule has 2 N–H and O–H groups in total. The molecule has 140 valence electrons. The molecule has 2 aromatic carbocycles. The van der Waals surface area contributed by atoms with Gasteiger partial charge in [0.05, 0.1) is 20.3 Å². The van der Waals surface area contributed by atoms with Crippen LogP contribution in [0.25, 0.3) is 12.2 Å². The number of methoxy groups -OCH3 is 1. The van der Waals surface area contributed by atoms with Gasteiger partial charge in [0.15, 0.2) is 0 Å². The highest BCUT2D eigenvalue weighted by atomic mass is 32.3. The fraction of sp³-hybridized carbons (Fsp3) is 0.222. The molecule has 2 rings (SSSR count). The topological polar surface area (TPSA) is 93.1 Å². The number of hydrogen-bond acceptors (Lipinski definition) is 6. The second kappa shape index (κ2) is 8.31. The van der Waals surface area contributed by atoms with Gasteiger partial charge in [-0.05, 0) is 47.4 Å². The first-order chi connectivity index (χ1) is 12.3. The van der Waals surface area contributed by atoms with E-state index in [2.05, 4.69) is 4.18 Å². The van der Waals surface area contributed by atoms with Crippen LogP contribution in [-0.2, 0) is 23.7 Å². The van der Waals surface area contributed by atoms with Crippen LogP contribution in [0.2, 0.25) is 0 Å². The quantitative estimate of drug-likeness (QED) is 0.565. The number of aryl methyl sites for hydroxylation is 1. The molecule has 0 saturated carbocycles. The first kappa shape index (κ1) is 19.9. The minimum absolute atomic E-state index is 0.0982. The number of aliphatic hydroxyl groups is 2. The summed E-state index contributed by atoms with van der Waals surface area (Å²) >= 11 is 0. The number of aliphatic hydroxyl groups excluding tert-OH is 2. The van der Waals surface area contributed by atoms with Gasteiger partial charge in [-0.1, -0.05) is 28.2 Å². The van der Waals surface area contributed by atoms with Crippen molar-refractivity contribution in [1.29, 1.82) is 0 Å². The van der Waals surface area contributed by atoms with Crippen molar-refractivity contribution in [2.45, 2.75) is 20.1 Å². The molecule has 0 bridgehead atoms. The summed E-state index contributed by atoms with van der Waals surface area (Å²) in [5.74, 6) is 0.342. The van der Waals surface area contributed by atoms with Crippen LogP contribution in [0, 0.1) is 6.92 Å². The number of benzene rings is 2.